The van der Waals surface area contributed by atoms with Crippen LogP contribution in [0.2, 0.25) is 0 Å². The first-order valence-corrected chi connectivity index (χ1v) is 5.81. The number of hydrogen-bond acceptors (Lipinski definition) is 1. The molecule has 0 fully saturated rings. The molecule has 1 nitrogen and oxygen atoms in total. The van der Waals surface area contributed by atoms with Crippen LogP contribution in [-0.2, 0) is 6.54 Å². The molecule has 2 aromatic rings. The molecule has 0 aliphatic rings. The molecule has 0 unspecified atom stereocenters. The maximum Gasteiger partial charge on any atom is 0.128 e. The fraction of sp³-hybridized carbons (Fsp3) is 0.200. The van der Waals surface area contributed by atoms with Crippen LogP contribution in [0.5, 0.6) is 0 Å². The molecule has 0 amide bonds. The summed E-state index contributed by atoms with van der Waals surface area (Å²) in [6.45, 7) is 4.59. The molecule has 0 aromatic heterocycles. The summed E-state index contributed by atoms with van der Waals surface area (Å²) in [4.78, 5) is 0. The van der Waals surface area contributed by atoms with Gasteiger partial charge in [0, 0.05) is 18.3 Å². The largest absolute Gasteiger partial charge is 0.381 e. The van der Waals surface area contributed by atoms with Gasteiger partial charge in [0.15, 0.2) is 0 Å². The molecule has 2 aromatic carbocycles. The maximum absolute atomic E-state index is 13.0. The van der Waals surface area contributed by atoms with Crippen molar-refractivity contribution in [3.8, 4) is 0 Å². The zero-order chi connectivity index (χ0) is 13.1. The van der Waals surface area contributed by atoms with Gasteiger partial charge in [0.2, 0.25) is 0 Å². The van der Waals surface area contributed by atoms with E-state index >= 15 is 0 Å². The van der Waals surface area contributed by atoms with Crippen molar-refractivity contribution >= 4 is 5.69 Å². The van der Waals surface area contributed by atoms with Crippen LogP contribution < -0.4 is 5.32 Å². The summed E-state index contributed by atoms with van der Waals surface area (Å²) in [5, 5.41) is 3.03. The zero-order valence-electron chi connectivity index (χ0n) is 10.4. The van der Waals surface area contributed by atoms with E-state index in [9.17, 15) is 8.78 Å². The Balaban J connectivity index is 2.13. The summed E-state index contributed by atoms with van der Waals surface area (Å²) in [6, 6.07) is 9.59. The van der Waals surface area contributed by atoms with Crippen LogP contribution in [0.25, 0.3) is 0 Å². The third-order valence-corrected chi connectivity index (χ3v) is 2.85. The van der Waals surface area contributed by atoms with Crippen molar-refractivity contribution in [1.29, 1.82) is 0 Å². The molecular formula is C15H15F2N. The minimum atomic E-state index is -0.571. The Hall–Kier alpha value is -1.90. The molecule has 0 atom stereocenters. The third kappa shape index (κ3) is 3.06. The predicted molar refractivity (Wildman–Crippen MR) is 69.6 cm³/mol. The molecule has 0 heterocycles. The number of nitrogens with one attached hydrogen (secondary N) is 1. The molecule has 0 saturated heterocycles. The van der Waals surface area contributed by atoms with E-state index in [1.165, 1.54) is 17.7 Å². The van der Waals surface area contributed by atoms with Gasteiger partial charge in [0.25, 0.3) is 0 Å². The topological polar surface area (TPSA) is 12.0 Å². The van der Waals surface area contributed by atoms with Gasteiger partial charge < -0.3 is 5.32 Å². The van der Waals surface area contributed by atoms with Crippen molar-refractivity contribution in [2.75, 3.05) is 5.32 Å². The minimum Gasteiger partial charge on any atom is -0.381 e. The van der Waals surface area contributed by atoms with Crippen molar-refractivity contribution in [1.82, 2.24) is 0 Å². The number of hydrogen-bond donors (Lipinski definition) is 1. The van der Waals surface area contributed by atoms with Crippen LogP contribution in [0.4, 0.5) is 14.5 Å². The number of halogens is 2. The molecule has 0 saturated carbocycles. The van der Waals surface area contributed by atoms with E-state index in [0.29, 0.717) is 12.2 Å². The first-order valence-electron chi connectivity index (χ1n) is 5.81. The van der Waals surface area contributed by atoms with Gasteiger partial charge in [-0.05, 0) is 37.1 Å². The average molecular weight is 247 g/mol. The van der Waals surface area contributed by atoms with Crippen LogP contribution in [0.3, 0.4) is 0 Å². The molecule has 0 spiro atoms. The lowest BCUT2D eigenvalue weighted by atomic mass is 10.1. The fourth-order valence-corrected chi connectivity index (χ4v) is 1.84. The third-order valence-electron chi connectivity index (χ3n) is 2.85. The number of aryl methyl sites for hydroxylation is 2. The zero-order valence-corrected chi connectivity index (χ0v) is 10.4. The van der Waals surface area contributed by atoms with Crippen molar-refractivity contribution in [2.24, 2.45) is 0 Å². The van der Waals surface area contributed by atoms with E-state index in [1.807, 2.05) is 26.0 Å². The summed E-state index contributed by atoms with van der Waals surface area (Å²) in [5.74, 6) is -1.14. The van der Waals surface area contributed by atoms with Gasteiger partial charge in [-0.25, -0.2) is 8.78 Å². The molecule has 0 aliphatic carbocycles. The molecular weight excluding hydrogens is 232 g/mol. The highest BCUT2D eigenvalue weighted by Gasteiger charge is 2.02. The van der Waals surface area contributed by atoms with Crippen molar-refractivity contribution < 1.29 is 8.78 Å². The Bertz CT molecular complexity index is 544. The molecule has 1 N–H and O–H groups in total. The predicted octanol–water partition coefficient (Wildman–Crippen LogP) is 4.19. The highest BCUT2D eigenvalue weighted by atomic mass is 19.1. The van der Waals surface area contributed by atoms with Gasteiger partial charge in [-0.3, -0.25) is 0 Å². The van der Waals surface area contributed by atoms with Crippen LogP contribution in [0, 0.1) is 25.5 Å². The van der Waals surface area contributed by atoms with Crippen molar-refractivity contribution in [3.05, 3.63) is 64.7 Å². The molecule has 94 valence electrons. The monoisotopic (exact) mass is 247 g/mol. The van der Waals surface area contributed by atoms with E-state index in [0.717, 1.165) is 17.2 Å². The second-order valence-corrected chi connectivity index (χ2v) is 4.44. The average Bonchev–Trinajstić information content (AvgIpc) is 2.29. The van der Waals surface area contributed by atoms with Gasteiger partial charge >= 0.3 is 0 Å². The Kier molecular flexibility index (Phi) is 3.60. The van der Waals surface area contributed by atoms with E-state index < -0.39 is 11.6 Å². The molecule has 18 heavy (non-hydrogen) atoms. The number of anilines is 1. The van der Waals surface area contributed by atoms with E-state index in [-0.39, 0.29) is 0 Å². The SMILES string of the molecule is Cc1ccc(C)c(CNc2cc(F)cc(F)c2)c1. The lowest BCUT2D eigenvalue weighted by molar-refractivity contribution is 0.584. The van der Waals surface area contributed by atoms with Crippen molar-refractivity contribution in [3.63, 3.8) is 0 Å². The van der Waals surface area contributed by atoms with Gasteiger partial charge in [-0.15, -0.1) is 0 Å². The quantitative estimate of drug-likeness (QED) is 0.857. The Labute approximate surface area is 105 Å². The van der Waals surface area contributed by atoms with Crippen LogP contribution in [-0.4, -0.2) is 0 Å². The fourth-order valence-electron chi connectivity index (χ4n) is 1.84. The molecule has 2 rings (SSSR count). The van der Waals surface area contributed by atoms with E-state index in [2.05, 4.69) is 11.4 Å². The second kappa shape index (κ2) is 5.17. The van der Waals surface area contributed by atoms with Crippen LogP contribution in [0.1, 0.15) is 16.7 Å². The summed E-state index contributed by atoms with van der Waals surface area (Å²) < 4.78 is 26.0. The van der Waals surface area contributed by atoms with E-state index in [4.69, 9.17) is 0 Å². The Morgan fingerprint density at radius 3 is 2.28 bits per heavy atom. The Morgan fingerprint density at radius 2 is 1.61 bits per heavy atom. The highest BCUT2D eigenvalue weighted by Crippen LogP contribution is 2.16. The summed E-state index contributed by atoms with van der Waals surface area (Å²) in [7, 11) is 0. The summed E-state index contributed by atoms with van der Waals surface area (Å²) in [6.07, 6.45) is 0. The second-order valence-electron chi connectivity index (χ2n) is 4.44. The lowest BCUT2D eigenvalue weighted by Crippen LogP contribution is -2.02. The highest BCUT2D eigenvalue weighted by molar-refractivity contribution is 5.45. The van der Waals surface area contributed by atoms with Gasteiger partial charge in [0.1, 0.15) is 11.6 Å². The summed E-state index contributed by atoms with van der Waals surface area (Å²) >= 11 is 0. The lowest BCUT2D eigenvalue weighted by Gasteiger charge is -2.10. The standard InChI is InChI=1S/C15H15F2N/c1-10-3-4-11(2)12(5-10)9-18-15-7-13(16)6-14(17)8-15/h3-8,18H,9H2,1-2H3. The van der Waals surface area contributed by atoms with Gasteiger partial charge in [0.05, 0.1) is 0 Å². The molecule has 0 aliphatic heterocycles. The number of benzene rings is 2. The molecule has 0 radical (unpaired) electrons. The minimum absolute atomic E-state index is 0.452. The molecule has 0 bridgehead atoms. The summed E-state index contributed by atoms with van der Waals surface area (Å²) in [5.41, 5.74) is 3.90. The van der Waals surface area contributed by atoms with E-state index in [1.54, 1.807) is 0 Å². The van der Waals surface area contributed by atoms with Gasteiger partial charge in [-0.1, -0.05) is 23.8 Å². The van der Waals surface area contributed by atoms with Crippen molar-refractivity contribution in [2.45, 2.75) is 20.4 Å². The molecule has 3 heteroatoms. The maximum atomic E-state index is 13.0. The number of rotatable bonds is 3. The first-order chi connectivity index (χ1) is 8.54. The van der Waals surface area contributed by atoms with Crippen LogP contribution >= 0.6 is 0 Å². The van der Waals surface area contributed by atoms with Gasteiger partial charge in [-0.2, -0.15) is 0 Å². The first kappa shape index (κ1) is 12.6. The van der Waals surface area contributed by atoms with Crippen LogP contribution in [0.15, 0.2) is 36.4 Å². The normalized spacial score (nSPS) is 10.4. The smallest absolute Gasteiger partial charge is 0.128 e. The Morgan fingerprint density at radius 1 is 0.944 bits per heavy atom.